The third-order valence-corrected chi connectivity index (χ3v) is 6.40. The van der Waals surface area contributed by atoms with E-state index in [9.17, 15) is 8.78 Å². The van der Waals surface area contributed by atoms with Crippen molar-refractivity contribution >= 4 is 28.3 Å². The Morgan fingerprint density at radius 2 is 2.00 bits per heavy atom. The van der Waals surface area contributed by atoms with Crippen LogP contribution < -0.4 is 10.5 Å². The lowest BCUT2D eigenvalue weighted by molar-refractivity contribution is -0.118. The molecule has 1 aromatic carbocycles. The molecule has 33 heavy (non-hydrogen) atoms. The van der Waals surface area contributed by atoms with Gasteiger partial charge in [-0.1, -0.05) is 41.9 Å². The summed E-state index contributed by atoms with van der Waals surface area (Å²) in [5, 5.41) is 9.45. The predicted molar refractivity (Wildman–Crippen MR) is 120 cm³/mol. The molecule has 0 amide bonds. The summed E-state index contributed by atoms with van der Waals surface area (Å²) >= 11 is 6.46. The van der Waals surface area contributed by atoms with Crippen LogP contribution in [-0.2, 0) is 4.74 Å². The van der Waals surface area contributed by atoms with E-state index < -0.39 is 24.7 Å². The third-order valence-electron chi connectivity index (χ3n) is 6.11. The first kappa shape index (κ1) is 22.2. The van der Waals surface area contributed by atoms with E-state index >= 15 is 0 Å². The molecule has 3 atom stereocenters. The van der Waals surface area contributed by atoms with E-state index in [-0.39, 0.29) is 18.7 Å². The number of hydrogen-bond acceptors (Lipinski definition) is 6. The fraction of sp³-hybridized carbons (Fsp3) is 0.391. The van der Waals surface area contributed by atoms with Crippen molar-refractivity contribution in [2.75, 3.05) is 13.2 Å². The molecule has 0 radical (unpaired) electrons. The Labute approximate surface area is 193 Å². The second-order valence-corrected chi connectivity index (χ2v) is 8.77. The van der Waals surface area contributed by atoms with Gasteiger partial charge in [0.05, 0.1) is 29.4 Å². The molecule has 0 spiro atoms. The Hall–Kier alpha value is -2.59. The number of alkyl halides is 2. The zero-order valence-corrected chi connectivity index (χ0v) is 18.4. The molecule has 2 aromatic heterocycles. The van der Waals surface area contributed by atoms with E-state index in [2.05, 4.69) is 21.0 Å². The van der Waals surface area contributed by atoms with Crippen LogP contribution in [0.15, 0.2) is 36.4 Å². The number of benzene rings is 1. The molecule has 5 rings (SSSR count). The molecule has 3 heterocycles. The van der Waals surface area contributed by atoms with Gasteiger partial charge in [-0.15, -0.1) is 0 Å². The molecule has 1 aliphatic carbocycles. The number of fused-ring (bicyclic) bond motifs is 1. The van der Waals surface area contributed by atoms with Gasteiger partial charge in [0.1, 0.15) is 6.10 Å². The maximum absolute atomic E-state index is 14.3. The number of H-pyrrole nitrogens is 1. The molecule has 3 aromatic rings. The number of aliphatic hydroxyl groups excluding tert-OH is 1. The first-order valence-corrected chi connectivity index (χ1v) is 11.1. The summed E-state index contributed by atoms with van der Waals surface area (Å²) in [5.41, 5.74) is 10.5. The zero-order valence-electron chi connectivity index (χ0n) is 17.6. The van der Waals surface area contributed by atoms with Gasteiger partial charge in [0.2, 0.25) is 0 Å². The maximum atomic E-state index is 14.3. The minimum absolute atomic E-state index is 0.115. The van der Waals surface area contributed by atoms with Crippen LogP contribution in [0.25, 0.3) is 28.0 Å². The van der Waals surface area contributed by atoms with Crippen molar-refractivity contribution in [1.82, 2.24) is 15.0 Å². The van der Waals surface area contributed by atoms with E-state index in [4.69, 9.17) is 31.9 Å². The average molecular weight is 477 g/mol. The number of nitrogens with two attached hydrogens (primary N) is 1. The maximum Gasteiger partial charge on any atom is 0.314 e. The number of aliphatic hydroxyl groups is 1. The second kappa shape index (κ2) is 8.64. The number of halogens is 3. The van der Waals surface area contributed by atoms with Gasteiger partial charge in [-0.05, 0) is 36.5 Å². The van der Waals surface area contributed by atoms with Crippen molar-refractivity contribution < 1.29 is 23.4 Å². The highest BCUT2D eigenvalue weighted by atomic mass is 35.5. The second-order valence-electron chi connectivity index (χ2n) is 8.36. The monoisotopic (exact) mass is 476 g/mol. The van der Waals surface area contributed by atoms with Gasteiger partial charge in [-0.25, -0.2) is 4.98 Å². The molecule has 174 valence electrons. The topological polar surface area (TPSA) is 106 Å². The number of rotatable bonds is 5. The number of pyridine rings is 1. The Bertz CT molecular complexity index is 1200. The van der Waals surface area contributed by atoms with E-state index in [0.29, 0.717) is 21.9 Å². The van der Waals surface area contributed by atoms with Crippen LogP contribution in [0.2, 0.25) is 5.02 Å². The number of imidazole rings is 1. The summed E-state index contributed by atoms with van der Waals surface area (Å²) in [5.74, 6) is -3.34. The molecule has 1 fully saturated rings. The van der Waals surface area contributed by atoms with Gasteiger partial charge < -0.3 is 25.3 Å². The van der Waals surface area contributed by atoms with Gasteiger partial charge in [-0.3, -0.25) is 0 Å². The van der Waals surface area contributed by atoms with Crippen LogP contribution in [0.5, 0.6) is 6.01 Å². The van der Waals surface area contributed by atoms with Gasteiger partial charge >= 0.3 is 5.92 Å². The molecule has 4 N–H and O–H groups in total. The van der Waals surface area contributed by atoms with E-state index in [1.807, 2.05) is 24.3 Å². The smallest absolute Gasteiger partial charge is 0.314 e. The Morgan fingerprint density at radius 3 is 2.67 bits per heavy atom. The molecule has 2 aliphatic rings. The first-order valence-electron chi connectivity index (χ1n) is 10.7. The molecule has 0 bridgehead atoms. The largest absolute Gasteiger partial charge is 0.452 e. The average Bonchev–Trinajstić information content (AvgIpc) is 3.32. The third kappa shape index (κ3) is 4.21. The Morgan fingerprint density at radius 1 is 1.24 bits per heavy atom. The SMILES string of the molecule is NC1CC=C(c2ccc(-c3nc4nc(O[C@@H]5CO[C@H](CO)C5(F)F)[nH]c4cc3Cl)cc2)CC1. The van der Waals surface area contributed by atoms with Crippen molar-refractivity contribution in [2.24, 2.45) is 5.73 Å². The van der Waals surface area contributed by atoms with Crippen molar-refractivity contribution in [1.29, 1.82) is 0 Å². The van der Waals surface area contributed by atoms with Crippen LogP contribution in [0.1, 0.15) is 24.8 Å². The Kier molecular flexibility index (Phi) is 5.82. The molecule has 1 saturated heterocycles. The van der Waals surface area contributed by atoms with Crippen molar-refractivity contribution in [3.63, 3.8) is 0 Å². The standard InChI is InChI=1S/C23H23ClF2N4O3/c24-16-9-17-21(30-22(28-17)33-19-11-32-18(10-31)23(19,25)26)29-20(16)14-3-1-12(2-4-14)13-5-7-15(27)8-6-13/h1-5,9,15,18-19,31H,6-8,10-11,27H2,(H,28,29,30)/t15?,18-,19-/m1/s1. The summed E-state index contributed by atoms with van der Waals surface area (Å²) in [7, 11) is 0. The van der Waals surface area contributed by atoms with Crippen LogP contribution in [-0.4, -0.2) is 57.4 Å². The summed E-state index contributed by atoms with van der Waals surface area (Å²) in [6.07, 6.45) is 1.82. The number of aromatic nitrogens is 3. The number of nitrogens with one attached hydrogen (secondary N) is 1. The molecule has 1 unspecified atom stereocenters. The number of hydrogen-bond donors (Lipinski definition) is 3. The molecule has 7 nitrogen and oxygen atoms in total. The highest BCUT2D eigenvalue weighted by Gasteiger charge is 2.55. The van der Waals surface area contributed by atoms with E-state index in [0.717, 1.165) is 30.4 Å². The van der Waals surface area contributed by atoms with Crippen LogP contribution in [0.3, 0.4) is 0 Å². The first-order chi connectivity index (χ1) is 15.8. The number of aromatic amines is 1. The van der Waals surface area contributed by atoms with Crippen LogP contribution in [0, 0.1) is 0 Å². The summed E-state index contributed by atoms with van der Waals surface area (Å²) in [4.78, 5) is 11.5. The lowest BCUT2D eigenvalue weighted by Gasteiger charge is -2.20. The minimum Gasteiger partial charge on any atom is -0.452 e. The summed E-state index contributed by atoms with van der Waals surface area (Å²) < 4.78 is 38.8. The van der Waals surface area contributed by atoms with Crippen LogP contribution in [0.4, 0.5) is 8.78 Å². The normalized spacial score (nSPS) is 24.8. The predicted octanol–water partition coefficient (Wildman–Crippen LogP) is 3.95. The highest BCUT2D eigenvalue weighted by molar-refractivity contribution is 6.33. The van der Waals surface area contributed by atoms with Crippen molar-refractivity contribution in [2.45, 2.75) is 43.4 Å². The molecular weight excluding hydrogens is 454 g/mol. The lowest BCUT2D eigenvalue weighted by atomic mass is 9.90. The minimum atomic E-state index is -3.34. The number of nitrogens with zero attached hydrogens (tertiary/aromatic N) is 2. The Balaban J connectivity index is 1.38. The highest BCUT2D eigenvalue weighted by Crippen LogP contribution is 2.36. The van der Waals surface area contributed by atoms with Crippen LogP contribution >= 0.6 is 11.6 Å². The van der Waals surface area contributed by atoms with E-state index in [1.54, 1.807) is 6.07 Å². The fourth-order valence-electron chi connectivity index (χ4n) is 4.17. The summed E-state index contributed by atoms with van der Waals surface area (Å²) in [6.45, 7) is -1.15. The molecule has 10 heteroatoms. The van der Waals surface area contributed by atoms with Crippen molar-refractivity contribution in [3.05, 3.63) is 47.0 Å². The number of allylic oxidation sites excluding steroid dienone is 1. The lowest BCUT2D eigenvalue weighted by Crippen LogP contribution is -2.43. The summed E-state index contributed by atoms with van der Waals surface area (Å²) in [6, 6.07) is 9.70. The quantitative estimate of drug-likeness (QED) is 0.515. The van der Waals surface area contributed by atoms with E-state index in [1.165, 1.54) is 5.57 Å². The molecule has 0 saturated carbocycles. The fourth-order valence-corrected chi connectivity index (χ4v) is 4.43. The van der Waals surface area contributed by atoms with Gasteiger partial charge in [-0.2, -0.15) is 13.8 Å². The molecular formula is C23H23ClF2N4O3. The van der Waals surface area contributed by atoms with Crippen molar-refractivity contribution in [3.8, 4) is 17.3 Å². The van der Waals surface area contributed by atoms with Gasteiger partial charge in [0, 0.05) is 11.6 Å². The number of ether oxygens (including phenoxy) is 2. The molecule has 1 aliphatic heterocycles. The van der Waals surface area contributed by atoms with Gasteiger partial charge in [0.25, 0.3) is 6.01 Å². The zero-order chi connectivity index (χ0) is 23.2. The van der Waals surface area contributed by atoms with Gasteiger partial charge in [0.15, 0.2) is 11.8 Å².